The van der Waals surface area contributed by atoms with E-state index in [-0.39, 0.29) is 0 Å². The van der Waals surface area contributed by atoms with Gasteiger partial charge in [-0.1, -0.05) is 92.9 Å². The summed E-state index contributed by atoms with van der Waals surface area (Å²) in [6, 6.07) is 22.0. The summed E-state index contributed by atoms with van der Waals surface area (Å²) in [6.45, 7) is 2.27. The van der Waals surface area contributed by atoms with Crippen LogP contribution in [0.15, 0.2) is 66.7 Å². The Kier molecular flexibility index (Phi) is 9.89. The van der Waals surface area contributed by atoms with Crippen molar-refractivity contribution in [2.45, 2.75) is 57.9 Å². The Hall–Kier alpha value is -1.90. The van der Waals surface area contributed by atoms with Crippen molar-refractivity contribution in [3.63, 3.8) is 0 Å². The summed E-state index contributed by atoms with van der Waals surface area (Å²) in [5.41, 5.74) is 7.83. The average molecular weight is 365 g/mol. The van der Waals surface area contributed by atoms with E-state index in [4.69, 9.17) is 0 Å². The minimum atomic E-state index is 0.314. The average Bonchev–Trinajstić information content (AvgIpc) is 2.69. The maximum atomic E-state index is 3.67. The fourth-order valence-corrected chi connectivity index (χ4v) is 3.48. The van der Waals surface area contributed by atoms with E-state index in [0.29, 0.717) is 6.04 Å². The van der Waals surface area contributed by atoms with Crippen LogP contribution in [0.1, 0.15) is 56.6 Å². The van der Waals surface area contributed by atoms with Crippen LogP contribution in [0.25, 0.3) is 5.57 Å². The Morgan fingerprint density at radius 3 is 2.22 bits per heavy atom. The molecule has 0 fully saturated rings. The molecule has 27 heavy (non-hydrogen) atoms. The molecule has 0 heterocycles. The largest absolute Gasteiger partial charge is 0.250 e. The summed E-state index contributed by atoms with van der Waals surface area (Å²) in [5.74, 6) is 0. The van der Waals surface area contributed by atoms with Gasteiger partial charge in [-0.2, -0.15) is 0 Å². The first-order chi connectivity index (χ1) is 13.2. The highest BCUT2D eigenvalue weighted by Gasteiger charge is 2.16. The van der Waals surface area contributed by atoms with Gasteiger partial charge in [0.05, 0.1) is 0 Å². The molecule has 0 spiro atoms. The molecule has 0 saturated carbocycles. The van der Waals surface area contributed by atoms with Gasteiger partial charge in [0.2, 0.25) is 0 Å². The Morgan fingerprint density at radius 1 is 0.926 bits per heavy atom. The number of aryl methyl sites for hydroxylation is 1. The van der Waals surface area contributed by atoms with Crippen molar-refractivity contribution in [3.05, 3.63) is 77.9 Å². The minimum Gasteiger partial charge on any atom is -0.250 e. The summed E-state index contributed by atoms with van der Waals surface area (Å²) < 4.78 is 0. The first kappa shape index (κ1) is 21.4. The Balaban J connectivity index is 2.16. The maximum absolute atomic E-state index is 3.67. The Morgan fingerprint density at radius 2 is 1.59 bits per heavy atom. The molecule has 1 N–H and O–H groups in total. The summed E-state index contributed by atoms with van der Waals surface area (Å²) >= 11 is 0. The van der Waals surface area contributed by atoms with Crippen molar-refractivity contribution in [1.82, 2.24) is 10.4 Å². The molecule has 0 radical (unpaired) electrons. The number of hydrazine groups is 1. The van der Waals surface area contributed by atoms with Crippen LogP contribution < -0.4 is 5.43 Å². The fraction of sp³-hybridized carbons (Fsp3) is 0.440. The van der Waals surface area contributed by atoms with Crippen LogP contribution in [0.5, 0.6) is 0 Å². The zero-order valence-electron chi connectivity index (χ0n) is 17.3. The first-order valence-corrected chi connectivity index (χ1v) is 10.4. The normalized spacial score (nSPS) is 13.1. The molecule has 2 nitrogen and oxygen atoms in total. The van der Waals surface area contributed by atoms with Crippen molar-refractivity contribution < 1.29 is 0 Å². The molecule has 0 bridgehead atoms. The van der Waals surface area contributed by atoms with E-state index in [0.717, 1.165) is 19.3 Å². The van der Waals surface area contributed by atoms with Gasteiger partial charge in [-0.05, 0) is 42.4 Å². The lowest BCUT2D eigenvalue weighted by Crippen LogP contribution is -2.40. The van der Waals surface area contributed by atoms with E-state index in [1.165, 1.54) is 42.4 Å². The molecule has 0 aliphatic rings. The second kappa shape index (κ2) is 12.5. The number of benzene rings is 2. The third-order valence-corrected chi connectivity index (χ3v) is 4.88. The van der Waals surface area contributed by atoms with E-state index in [9.17, 15) is 0 Å². The van der Waals surface area contributed by atoms with Gasteiger partial charge < -0.3 is 0 Å². The van der Waals surface area contributed by atoms with E-state index >= 15 is 0 Å². The number of hydrogen-bond acceptors (Lipinski definition) is 2. The SMILES string of the molecule is CCCCCC/C=C(\c1ccccc1)C(CCc1ccccc1)NN(C)C. The molecule has 0 saturated heterocycles. The maximum Gasteiger partial charge on any atom is 0.0470 e. The zero-order valence-corrected chi connectivity index (χ0v) is 17.3. The lowest BCUT2D eigenvalue weighted by atomic mass is 9.92. The third-order valence-electron chi connectivity index (χ3n) is 4.88. The fourth-order valence-electron chi connectivity index (χ4n) is 3.48. The van der Waals surface area contributed by atoms with Crippen LogP contribution in [0.2, 0.25) is 0 Å². The topological polar surface area (TPSA) is 15.3 Å². The van der Waals surface area contributed by atoms with Gasteiger partial charge in [0.15, 0.2) is 0 Å². The second-order valence-electron chi connectivity index (χ2n) is 7.48. The van der Waals surface area contributed by atoms with Crippen LogP contribution in [0, 0.1) is 0 Å². The van der Waals surface area contributed by atoms with Gasteiger partial charge >= 0.3 is 0 Å². The number of allylic oxidation sites excluding steroid dienone is 1. The minimum absolute atomic E-state index is 0.314. The molecular weight excluding hydrogens is 328 g/mol. The molecule has 0 aliphatic heterocycles. The lowest BCUT2D eigenvalue weighted by molar-refractivity contribution is 0.261. The van der Waals surface area contributed by atoms with Gasteiger partial charge in [0.1, 0.15) is 0 Å². The van der Waals surface area contributed by atoms with Crippen molar-refractivity contribution >= 4 is 5.57 Å². The predicted octanol–water partition coefficient (Wildman–Crippen LogP) is 6.11. The summed E-state index contributed by atoms with van der Waals surface area (Å²) in [7, 11) is 4.17. The van der Waals surface area contributed by atoms with Crippen molar-refractivity contribution in [2.24, 2.45) is 0 Å². The van der Waals surface area contributed by atoms with Crippen LogP contribution in [-0.2, 0) is 6.42 Å². The molecule has 2 heteroatoms. The highest BCUT2D eigenvalue weighted by Crippen LogP contribution is 2.24. The number of hydrogen-bond donors (Lipinski definition) is 1. The lowest BCUT2D eigenvalue weighted by Gasteiger charge is -2.26. The number of rotatable bonds is 12. The van der Waals surface area contributed by atoms with Gasteiger partial charge in [0, 0.05) is 20.1 Å². The smallest absolute Gasteiger partial charge is 0.0470 e. The van der Waals surface area contributed by atoms with Gasteiger partial charge in [-0.3, -0.25) is 5.01 Å². The second-order valence-corrected chi connectivity index (χ2v) is 7.48. The molecule has 2 aromatic carbocycles. The van der Waals surface area contributed by atoms with Crippen LogP contribution in [0.3, 0.4) is 0 Å². The Bertz CT molecular complexity index is 647. The van der Waals surface area contributed by atoms with E-state index < -0.39 is 0 Å². The van der Waals surface area contributed by atoms with Crippen LogP contribution in [0.4, 0.5) is 0 Å². The zero-order chi connectivity index (χ0) is 19.3. The molecule has 0 aliphatic carbocycles. The van der Waals surface area contributed by atoms with Crippen molar-refractivity contribution in [1.29, 1.82) is 0 Å². The summed E-state index contributed by atoms with van der Waals surface area (Å²) in [6.07, 6.45) is 11.0. The van der Waals surface area contributed by atoms with Crippen molar-refractivity contribution in [2.75, 3.05) is 14.1 Å². The van der Waals surface area contributed by atoms with Gasteiger partial charge in [-0.25, -0.2) is 5.43 Å². The number of nitrogens with zero attached hydrogens (tertiary/aromatic N) is 1. The highest BCUT2D eigenvalue weighted by atomic mass is 15.5. The third kappa shape index (κ3) is 8.11. The van der Waals surface area contributed by atoms with E-state index in [1.54, 1.807) is 0 Å². The highest BCUT2D eigenvalue weighted by molar-refractivity contribution is 5.69. The van der Waals surface area contributed by atoms with E-state index in [2.05, 4.69) is 98.2 Å². The standard InChI is InChI=1S/C25H36N2/c1-4-5-6-7-14-19-24(23-17-12-9-13-18-23)25(26-27(2)3)21-20-22-15-10-8-11-16-22/h8-13,15-19,25-26H,4-7,14,20-21H2,1-3H3/b24-19+. The summed E-state index contributed by atoms with van der Waals surface area (Å²) in [4.78, 5) is 0. The van der Waals surface area contributed by atoms with E-state index in [1.807, 2.05) is 0 Å². The van der Waals surface area contributed by atoms with Gasteiger partial charge in [0.25, 0.3) is 0 Å². The molecule has 0 aromatic heterocycles. The Labute approximate surface area is 166 Å². The van der Waals surface area contributed by atoms with Crippen LogP contribution >= 0.6 is 0 Å². The molecule has 2 rings (SSSR count). The molecular formula is C25H36N2. The number of unbranched alkanes of at least 4 members (excludes halogenated alkanes) is 4. The predicted molar refractivity (Wildman–Crippen MR) is 119 cm³/mol. The number of nitrogens with one attached hydrogen (secondary N) is 1. The first-order valence-electron chi connectivity index (χ1n) is 10.4. The molecule has 2 aromatic rings. The monoisotopic (exact) mass is 364 g/mol. The summed E-state index contributed by atoms with van der Waals surface area (Å²) in [5, 5.41) is 2.09. The van der Waals surface area contributed by atoms with Crippen LogP contribution in [-0.4, -0.2) is 25.1 Å². The van der Waals surface area contributed by atoms with Gasteiger partial charge in [-0.15, -0.1) is 0 Å². The molecule has 1 unspecified atom stereocenters. The molecule has 1 atom stereocenters. The molecule has 146 valence electrons. The van der Waals surface area contributed by atoms with Crippen molar-refractivity contribution in [3.8, 4) is 0 Å². The quantitative estimate of drug-likeness (QED) is 0.361. The molecule has 0 amide bonds.